The van der Waals surface area contributed by atoms with E-state index in [-0.39, 0.29) is 5.97 Å². The molecule has 5 aromatic rings. The van der Waals surface area contributed by atoms with Crippen molar-refractivity contribution < 1.29 is 13.9 Å². The van der Waals surface area contributed by atoms with Crippen molar-refractivity contribution in [2.24, 2.45) is 0 Å². The monoisotopic (exact) mass is 496 g/mol. The third-order valence-corrected chi connectivity index (χ3v) is 7.15. The average molecular weight is 496 g/mol. The lowest BCUT2D eigenvalue weighted by Crippen LogP contribution is -2.25. The second-order valence-electron chi connectivity index (χ2n) is 6.49. The molecule has 2 aromatic heterocycles. The molecule has 28 heavy (non-hydrogen) atoms. The molecular formula is C23H15INO2S+. The number of esters is 1. The van der Waals surface area contributed by atoms with E-state index in [1.165, 1.54) is 32.9 Å². The van der Waals surface area contributed by atoms with Gasteiger partial charge in [0.2, 0.25) is 11.2 Å². The number of benzene rings is 3. The van der Waals surface area contributed by atoms with Gasteiger partial charge in [0, 0.05) is 17.0 Å². The van der Waals surface area contributed by atoms with Gasteiger partial charge in [-0.3, -0.25) is 0 Å². The molecule has 0 aliphatic heterocycles. The molecule has 0 unspecified atom stereocenters. The third-order valence-electron chi connectivity index (χ3n) is 4.90. The number of hydrogen-bond acceptors (Lipinski definition) is 3. The molecule has 0 fully saturated rings. The molecule has 0 atom stereocenters. The van der Waals surface area contributed by atoms with Crippen molar-refractivity contribution >= 4 is 65.7 Å². The van der Waals surface area contributed by atoms with Crippen LogP contribution in [-0.4, -0.2) is 13.1 Å². The molecule has 3 nitrogen and oxygen atoms in total. The molecule has 0 spiro atoms. The lowest BCUT2D eigenvalue weighted by molar-refractivity contribution is -0.464. The van der Waals surface area contributed by atoms with Gasteiger partial charge in [-0.2, -0.15) is 0 Å². The summed E-state index contributed by atoms with van der Waals surface area (Å²) in [4.78, 5) is 13.3. The smallest absolute Gasteiger partial charge is 0.337 e. The minimum absolute atomic E-state index is 0.325. The Kier molecular flexibility index (Phi) is 4.29. The zero-order valence-corrected chi connectivity index (χ0v) is 18.0. The van der Waals surface area contributed by atoms with E-state index in [0.717, 1.165) is 14.8 Å². The molecule has 0 aliphatic carbocycles. The summed E-state index contributed by atoms with van der Waals surface area (Å²) in [6.45, 7) is 0. The van der Waals surface area contributed by atoms with Crippen LogP contribution < -0.4 is 4.40 Å². The van der Waals surface area contributed by atoms with Crippen LogP contribution in [0.15, 0.2) is 72.8 Å². The molecule has 0 saturated carbocycles. The number of ether oxygens (including phenoxy) is 1. The van der Waals surface area contributed by atoms with Crippen molar-refractivity contribution in [1.82, 2.24) is 0 Å². The first kappa shape index (κ1) is 17.6. The molecule has 0 aliphatic rings. The number of carbonyl (C=O) groups excluding carboxylic acids is 1. The van der Waals surface area contributed by atoms with Crippen LogP contribution in [0.5, 0.6) is 0 Å². The van der Waals surface area contributed by atoms with E-state index < -0.39 is 0 Å². The predicted octanol–water partition coefficient (Wildman–Crippen LogP) is 5.85. The highest BCUT2D eigenvalue weighted by atomic mass is 127. The number of halogens is 1. The van der Waals surface area contributed by atoms with Crippen molar-refractivity contribution in [3.8, 4) is 11.3 Å². The quantitative estimate of drug-likeness (QED) is 0.174. The second-order valence-corrected chi connectivity index (χ2v) is 8.60. The van der Waals surface area contributed by atoms with E-state index in [4.69, 9.17) is 4.74 Å². The number of thiazole rings is 1. The molecule has 3 aromatic carbocycles. The van der Waals surface area contributed by atoms with Gasteiger partial charge in [0.1, 0.15) is 4.70 Å². The zero-order chi connectivity index (χ0) is 19.3. The van der Waals surface area contributed by atoms with E-state index in [1.54, 1.807) is 17.4 Å². The first-order valence-corrected chi connectivity index (χ1v) is 10.7. The van der Waals surface area contributed by atoms with E-state index >= 15 is 0 Å². The van der Waals surface area contributed by atoms with Crippen LogP contribution in [-0.2, 0) is 4.74 Å². The lowest BCUT2D eigenvalue weighted by Gasteiger charge is -2.07. The van der Waals surface area contributed by atoms with Crippen LogP contribution in [0.2, 0.25) is 0 Å². The number of aromatic nitrogens is 1. The molecule has 0 N–H and O–H groups in total. The van der Waals surface area contributed by atoms with Gasteiger partial charge in [0.15, 0.2) is 0 Å². The maximum absolute atomic E-state index is 12.1. The van der Waals surface area contributed by atoms with Crippen LogP contribution in [0, 0.1) is 3.57 Å². The minimum Gasteiger partial charge on any atom is -0.465 e. The van der Waals surface area contributed by atoms with E-state index in [9.17, 15) is 4.79 Å². The first-order valence-electron chi connectivity index (χ1n) is 8.81. The van der Waals surface area contributed by atoms with Crippen molar-refractivity contribution in [3.05, 3.63) is 81.9 Å². The van der Waals surface area contributed by atoms with Crippen molar-refractivity contribution in [2.75, 3.05) is 7.11 Å². The minimum atomic E-state index is -0.325. The number of methoxy groups -OCH3 is 1. The number of carbonyl (C=O) groups is 1. The first-order chi connectivity index (χ1) is 13.7. The largest absolute Gasteiger partial charge is 0.465 e. The van der Waals surface area contributed by atoms with Gasteiger partial charge in [-0.15, -0.1) is 4.40 Å². The highest BCUT2D eigenvalue weighted by molar-refractivity contribution is 14.1. The SMILES string of the molecule is COC(=O)c1cccc(-c2c(I)c3ccccc3c3sc4ccccc4[n+]23)c1. The highest BCUT2D eigenvalue weighted by Gasteiger charge is 2.27. The number of nitrogens with zero attached hydrogens (tertiary/aromatic N) is 1. The van der Waals surface area contributed by atoms with Gasteiger partial charge in [-0.25, -0.2) is 4.79 Å². The number of pyridine rings is 1. The fourth-order valence-corrected chi connectivity index (χ4v) is 5.85. The Morgan fingerprint density at radius 1 is 0.964 bits per heavy atom. The summed E-state index contributed by atoms with van der Waals surface area (Å²) in [7, 11) is 1.41. The number of rotatable bonds is 2. The van der Waals surface area contributed by atoms with Crippen LogP contribution in [0.3, 0.4) is 0 Å². The van der Waals surface area contributed by atoms with Crippen LogP contribution >= 0.6 is 33.9 Å². The second kappa shape index (κ2) is 6.83. The van der Waals surface area contributed by atoms with Gasteiger partial charge in [0.05, 0.1) is 21.6 Å². The molecule has 0 saturated heterocycles. The lowest BCUT2D eigenvalue weighted by atomic mass is 10.0. The Bertz CT molecular complexity index is 1390. The van der Waals surface area contributed by atoms with Gasteiger partial charge >= 0.3 is 5.97 Å². The Balaban J connectivity index is 1.97. The molecular weight excluding hydrogens is 481 g/mol. The summed E-state index contributed by atoms with van der Waals surface area (Å²) in [5.41, 5.74) is 3.82. The van der Waals surface area contributed by atoms with Crippen LogP contribution in [0.25, 0.3) is 37.1 Å². The Labute approximate surface area is 179 Å². The molecule has 136 valence electrons. The Morgan fingerprint density at radius 2 is 1.71 bits per heavy atom. The number of fused-ring (bicyclic) bond motifs is 5. The van der Waals surface area contributed by atoms with Crippen molar-refractivity contribution in [1.29, 1.82) is 0 Å². The summed E-state index contributed by atoms with van der Waals surface area (Å²) in [5, 5.41) is 2.45. The van der Waals surface area contributed by atoms with Crippen LogP contribution in [0.1, 0.15) is 10.4 Å². The van der Waals surface area contributed by atoms with Gasteiger partial charge in [-0.1, -0.05) is 47.7 Å². The van der Waals surface area contributed by atoms with E-state index in [2.05, 4.69) is 81.6 Å². The summed E-state index contributed by atoms with van der Waals surface area (Å²) in [5.74, 6) is -0.325. The van der Waals surface area contributed by atoms with Crippen molar-refractivity contribution in [3.63, 3.8) is 0 Å². The average Bonchev–Trinajstić information content (AvgIpc) is 3.13. The standard InChI is InChI=1S/C23H15INO2S/c1-27-23(26)15-8-6-7-14(13-15)21-20(24)16-9-2-3-10-17(16)22-25(21)18-11-4-5-12-19(18)28-22/h2-13H,1H3/q+1. The Hall–Kier alpha value is -2.51. The Morgan fingerprint density at radius 3 is 2.54 bits per heavy atom. The molecule has 5 rings (SSSR count). The van der Waals surface area contributed by atoms with Crippen molar-refractivity contribution in [2.45, 2.75) is 0 Å². The predicted molar refractivity (Wildman–Crippen MR) is 122 cm³/mol. The third kappa shape index (κ3) is 2.61. The number of hydrogen-bond donors (Lipinski definition) is 0. The van der Waals surface area contributed by atoms with Crippen LogP contribution in [0.4, 0.5) is 0 Å². The number of para-hydroxylation sites is 1. The maximum Gasteiger partial charge on any atom is 0.337 e. The molecule has 0 amide bonds. The molecule has 2 heterocycles. The topological polar surface area (TPSA) is 30.4 Å². The van der Waals surface area contributed by atoms with Gasteiger partial charge < -0.3 is 4.74 Å². The van der Waals surface area contributed by atoms with Gasteiger partial charge in [-0.05, 0) is 52.9 Å². The van der Waals surface area contributed by atoms with E-state index in [1.807, 2.05) is 12.1 Å². The molecule has 0 bridgehead atoms. The highest BCUT2D eigenvalue weighted by Crippen LogP contribution is 2.35. The summed E-state index contributed by atoms with van der Waals surface area (Å²) in [6.07, 6.45) is 0. The molecule has 0 radical (unpaired) electrons. The van der Waals surface area contributed by atoms with Gasteiger partial charge in [0.25, 0.3) is 4.83 Å². The normalized spacial score (nSPS) is 11.4. The molecule has 5 heteroatoms. The zero-order valence-electron chi connectivity index (χ0n) is 15.0. The fraction of sp³-hybridized carbons (Fsp3) is 0.0435. The summed E-state index contributed by atoms with van der Waals surface area (Å²) < 4.78 is 9.64. The fourth-order valence-electron chi connectivity index (χ4n) is 3.64. The van der Waals surface area contributed by atoms with E-state index in [0.29, 0.717) is 5.56 Å². The summed E-state index contributed by atoms with van der Waals surface area (Å²) >= 11 is 4.22. The summed E-state index contributed by atoms with van der Waals surface area (Å²) in [6, 6.07) is 24.6. The maximum atomic E-state index is 12.1.